The lowest BCUT2D eigenvalue weighted by atomic mass is 9.82. The molecule has 2 saturated carbocycles. The third-order valence-corrected chi connectivity index (χ3v) is 5.00. The maximum Gasteiger partial charge on any atom is 0.165 e. The van der Waals surface area contributed by atoms with Gasteiger partial charge in [-0.3, -0.25) is 0 Å². The number of fused-ring (bicyclic) bond motifs is 2. The Morgan fingerprint density at radius 1 is 1.50 bits per heavy atom. The number of carboxylic acid groups (broad SMARTS) is 1. The molecule has 2 bridgehead atoms. The van der Waals surface area contributed by atoms with Gasteiger partial charge in [0.15, 0.2) is 11.6 Å². The maximum atomic E-state index is 13.9. The van der Waals surface area contributed by atoms with E-state index >= 15 is 0 Å². The van der Waals surface area contributed by atoms with Crippen LogP contribution in [0.2, 0.25) is 0 Å². The van der Waals surface area contributed by atoms with Crippen LogP contribution in [-0.4, -0.2) is 11.6 Å². The van der Waals surface area contributed by atoms with Crippen molar-refractivity contribution in [2.45, 2.75) is 44.6 Å². The molecule has 3 rings (SSSR count). The molecule has 0 aliphatic heterocycles. The average Bonchev–Trinajstić information content (AvgIpc) is 3.02. The fourth-order valence-electron chi connectivity index (χ4n) is 3.95. The van der Waals surface area contributed by atoms with E-state index in [2.05, 4.69) is 6.92 Å². The van der Waals surface area contributed by atoms with Gasteiger partial charge in [0.25, 0.3) is 0 Å². The highest BCUT2D eigenvalue weighted by Gasteiger charge is 2.52. The average molecular weight is 277 g/mol. The number of carboxylic acids is 1. The molecule has 3 atom stereocenters. The minimum absolute atomic E-state index is 0.0427. The number of hydrogen-bond acceptors (Lipinski definition) is 3. The van der Waals surface area contributed by atoms with Gasteiger partial charge in [-0.15, -0.1) is 0 Å². The van der Waals surface area contributed by atoms with E-state index in [0.29, 0.717) is 11.8 Å². The number of aromatic carboxylic acids is 1. The van der Waals surface area contributed by atoms with E-state index < -0.39 is 11.8 Å². The quantitative estimate of drug-likeness (QED) is 0.849. The number of benzene rings is 1. The Morgan fingerprint density at radius 3 is 2.85 bits per heavy atom. The molecular formula is C16H18FO3-. The normalized spacial score (nSPS) is 31.5. The van der Waals surface area contributed by atoms with Gasteiger partial charge in [0.1, 0.15) is 5.60 Å². The van der Waals surface area contributed by atoms with Crippen LogP contribution in [0.25, 0.3) is 0 Å². The summed E-state index contributed by atoms with van der Waals surface area (Å²) in [5.74, 6) is -0.643. The molecule has 2 aliphatic rings. The zero-order chi connectivity index (χ0) is 14.3. The van der Waals surface area contributed by atoms with Crippen LogP contribution in [-0.2, 0) is 0 Å². The molecule has 0 spiro atoms. The van der Waals surface area contributed by atoms with Crippen LogP contribution >= 0.6 is 0 Å². The zero-order valence-corrected chi connectivity index (χ0v) is 11.5. The highest BCUT2D eigenvalue weighted by molar-refractivity contribution is 5.86. The minimum atomic E-state index is -1.31. The van der Waals surface area contributed by atoms with Crippen molar-refractivity contribution in [3.63, 3.8) is 0 Å². The zero-order valence-electron chi connectivity index (χ0n) is 11.5. The summed E-state index contributed by atoms with van der Waals surface area (Å²) in [5, 5.41) is 10.9. The summed E-state index contributed by atoms with van der Waals surface area (Å²) >= 11 is 0. The Kier molecular flexibility index (Phi) is 3.19. The summed E-state index contributed by atoms with van der Waals surface area (Å²) in [6.07, 6.45) is 5.28. The summed E-state index contributed by atoms with van der Waals surface area (Å²) in [6, 6.07) is 3.59. The molecule has 2 aliphatic carbocycles. The summed E-state index contributed by atoms with van der Waals surface area (Å²) in [4.78, 5) is 10.9. The van der Waals surface area contributed by atoms with Crippen molar-refractivity contribution in [1.82, 2.24) is 0 Å². The minimum Gasteiger partial charge on any atom is -0.545 e. The molecule has 0 radical (unpaired) electrons. The lowest BCUT2D eigenvalue weighted by Crippen LogP contribution is -2.41. The molecule has 1 aromatic carbocycles. The molecule has 1 aromatic rings. The van der Waals surface area contributed by atoms with E-state index in [1.807, 2.05) is 0 Å². The van der Waals surface area contributed by atoms with Gasteiger partial charge in [-0.05, 0) is 62.1 Å². The topological polar surface area (TPSA) is 49.4 Å². The second-order valence-corrected chi connectivity index (χ2v) is 6.03. The Labute approximate surface area is 117 Å². The number of carbonyl (C=O) groups is 1. The fourth-order valence-corrected chi connectivity index (χ4v) is 3.95. The number of rotatable bonds is 4. The first kappa shape index (κ1) is 13.4. The molecule has 0 amide bonds. The first-order valence-electron chi connectivity index (χ1n) is 7.24. The molecule has 2 fully saturated rings. The Bertz CT molecular complexity index is 543. The van der Waals surface area contributed by atoms with Crippen molar-refractivity contribution in [2.24, 2.45) is 11.8 Å². The van der Waals surface area contributed by atoms with Gasteiger partial charge in [0, 0.05) is 5.56 Å². The summed E-state index contributed by atoms with van der Waals surface area (Å²) in [5.41, 5.74) is -0.371. The SMILES string of the molecule is CCC1(Oc2cc(C(=O)[O-])ccc2F)CC2CCC1C2. The first-order valence-corrected chi connectivity index (χ1v) is 7.24. The van der Waals surface area contributed by atoms with Crippen LogP contribution in [0.1, 0.15) is 49.4 Å². The largest absolute Gasteiger partial charge is 0.545 e. The standard InChI is InChI=1S/C16H19FO3/c1-2-16(9-10-3-5-12(16)7-10)20-14-8-11(15(18)19)4-6-13(14)17/h4,6,8,10,12H,2-3,5,7,9H2,1H3,(H,18,19)/p-1. The highest BCUT2D eigenvalue weighted by Crippen LogP contribution is 2.54. The Morgan fingerprint density at radius 2 is 2.30 bits per heavy atom. The molecule has 3 unspecified atom stereocenters. The van der Waals surface area contributed by atoms with Crippen molar-refractivity contribution in [3.05, 3.63) is 29.6 Å². The van der Waals surface area contributed by atoms with Gasteiger partial charge in [-0.25, -0.2) is 4.39 Å². The van der Waals surface area contributed by atoms with E-state index in [1.165, 1.54) is 18.6 Å². The van der Waals surface area contributed by atoms with E-state index in [9.17, 15) is 14.3 Å². The predicted molar refractivity (Wildman–Crippen MR) is 69.8 cm³/mol. The molecule has 3 nitrogen and oxygen atoms in total. The summed E-state index contributed by atoms with van der Waals surface area (Å²) in [6.45, 7) is 2.06. The molecule has 0 N–H and O–H groups in total. The van der Waals surface area contributed by atoms with Gasteiger partial charge >= 0.3 is 0 Å². The number of hydrogen-bond donors (Lipinski definition) is 0. The number of halogens is 1. The maximum absolute atomic E-state index is 13.9. The lowest BCUT2D eigenvalue weighted by Gasteiger charge is -2.37. The van der Waals surface area contributed by atoms with Crippen LogP contribution in [0.4, 0.5) is 4.39 Å². The number of ether oxygens (including phenoxy) is 1. The second kappa shape index (κ2) is 4.76. The van der Waals surface area contributed by atoms with Gasteiger partial charge in [-0.1, -0.05) is 6.92 Å². The van der Waals surface area contributed by atoms with Crippen LogP contribution in [0, 0.1) is 17.7 Å². The Hall–Kier alpha value is -1.58. The van der Waals surface area contributed by atoms with Crippen molar-refractivity contribution < 1.29 is 19.0 Å². The molecule has 108 valence electrons. The number of carbonyl (C=O) groups excluding carboxylic acids is 1. The van der Waals surface area contributed by atoms with Crippen LogP contribution in [0.3, 0.4) is 0 Å². The van der Waals surface area contributed by atoms with Crippen LogP contribution < -0.4 is 9.84 Å². The molecule has 0 aromatic heterocycles. The van der Waals surface area contributed by atoms with Crippen molar-refractivity contribution in [1.29, 1.82) is 0 Å². The van der Waals surface area contributed by atoms with E-state index in [0.717, 1.165) is 31.7 Å². The fraction of sp³-hybridized carbons (Fsp3) is 0.562. The van der Waals surface area contributed by atoms with Crippen molar-refractivity contribution in [3.8, 4) is 5.75 Å². The summed E-state index contributed by atoms with van der Waals surface area (Å²) in [7, 11) is 0. The molecule has 0 heterocycles. The van der Waals surface area contributed by atoms with E-state index in [4.69, 9.17) is 4.74 Å². The third kappa shape index (κ3) is 2.07. The van der Waals surface area contributed by atoms with Crippen LogP contribution in [0.15, 0.2) is 18.2 Å². The van der Waals surface area contributed by atoms with E-state index in [1.54, 1.807) is 0 Å². The van der Waals surface area contributed by atoms with Gasteiger partial charge in [0.2, 0.25) is 0 Å². The smallest absolute Gasteiger partial charge is 0.165 e. The molecular weight excluding hydrogens is 259 g/mol. The van der Waals surface area contributed by atoms with Gasteiger partial charge in [-0.2, -0.15) is 0 Å². The molecule has 4 heteroatoms. The monoisotopic (exact) mass is 277 g/mol. The molecule has 20 heavy (non-hydrogen) atoms. The van der Waals surface area contributed by atoms with Crippen LogP contribution in [0.5, 0.6) is 5.75 Å². The van der Waals surface area contributed by atoms with Gasteiger partial charge < -0.3 is 14.6 Å². The molecule has 0 saturated heterocycles. The third-order valence-electron chi connectivity index (χ3n) is 5.00. The van der Waals surface area contributed by atoms with Crippen molar-refractivity contribution in [2.75, 3.05) is 0 Å². The predicted octanol–water partition coefficient (Wildman–Crippen LogP) is 2.54. The highest BCUT2D eigenvalue weighted by atomic mass is 19.1. The Balaban J connectivity index is 1.90. The first-order chi connectivity index (χ1) is 9.54. The van der Waals surface area contributed by atoms with E-state index in [-0.39, 0.29) is 16.9 Å². The van der Waals surface area contributed by atoms with Gasteiger partial charge in [0.05, 0.1) is 5.97 Å². The van der Waals surface area contributed by atoms with Crippen molar-refractivity contribution >= 4 is 5.97 Å². The summed E-state index contributed by atoms with van der Waals surface area (Å²) < 4.78 is 19.9. The second-order valence-electron chi connectivity index (χ2n) is 6.03. The lowest BCUT2D eigenvalue weighted by molar-refractivity contribution is -0.255.